The Balaban J connectivity index is 1.52. The number of benzene rings is 2. The average molecular weight is 540 g/mol. The zero-order valence-electron chi connectivity index (χ0n) is 22.7. The van der Waals surface area contributed by atoms with E-state index in [1.807, 2.05) is 0 Å². The highest BCUT2D eigenvalue weighted by atomic mass is 19.1. The van der Waals surface area contributed by atoms with Gasteiger partial charge in [0, 0.05) is 18.7 Å². The SMILES string of the molecule is CC(C)(F)CN1CCC(COc2ccc(-c3cccc(F)c3C(=O)N3CCC[C@@]3(C)C(=O)O)c(C#N)c2)CC1. The molecule has 2 fully saturated rings. The van der Waals surface area contributed by atoms with E-state index in [0.717, 1.165) is 32.0 Å². The van der Waals surface area contributed by atoms with E-state index in [1.165, 1.54) is 17.9 Å². The molecular weight excluding hydrogens is 504 g/mol. The van der Waals surface area contributed by atoms with Crippen molar-refractivity contribution in [3.05, 3.63) is 53.3 Å². The molecule has 1 amide bonds. The van der Waals surface area contributed by atoms with Gasteiger partial charge in [-0.25, -0.2) is 13.6 Å². The van der Waals surface area contributed by atoms with Crippen LogP contribution in [0.25, 0.3) is 11.1 Å². The zero-order valence-corrected chi connectivity index (χ0v) is 22.7. The smallest absolute Gasteiger partial charge is 0.329 e. The van der Waals surface area contributed by atoms with Gasteiger partial charge in [-0.1, -0.05) is 12.1 Å². The minimum absolute atomic E-state index is 0.206. The van der Waals surface area contributed by atoms with Gasteiger partial charge in [0.2, 0.25) is 0 Å². The fraction of sp³-hybridized carbons (Fsp3) is 0.500. The molecule has 9 heteroatoms. The van der Waals surface area contributed by atoms with Gasteiger partial charge >= 0.3 is 5.97 Å². The molecule has 0 aromatic heterocycles. The molecule has 2 aromatic carbocycles. The molecule has 7 nitrogen and oxygen atoms in total. The molecule has 0 aliphatic carbocycles. The van der Waals surface area contributed by atoms with Crippen LogP contribution in [-0.2, 0) is 4.79 Å². The summed E-state index contributed by atoms with van der Waals surface area (Å²) in [7, 11) is 0. The third-order valence-electron chi connectivity index (χ3n) is 7.77. The molecule has 0 spiro atoms. The van der Waals surface area contributed by atoms with Crippen molar-refractivity contribution in [2.24, 2.45) is 5.92 Å². The number of amides is 1. The van der Waals surface area contributed by atoms with Gasteiger partial charge in [0.1, 0.15) is 22.8 Å². The Labute approximate surface area is 228 Å². The summed E-state index contributed by atoms with van der Waals surface area (Å²) in [6, 6.07) is 11.2. The van der Waals surface area contributed by atoms with E-state index in [4.69, 9.17) is 4.74 Å². The van der Waals surface area contributed by atoms with E-state index >= 15 is 4.39 Å². The van der Waals surface area contributed by atoms with E-state index < -0.39 is 28.9 Å². The number of alkyl halides is 1. The predicted molar refractivity (Wildman–Crippen MR) is 143 cm³/mol. The maximum absolute atomic E-state index is 15.1. The van der Waals surface area contributed by atoms with Crippen LogP contribution in [0, 0.1) is 23.1 Å². The molecule has 2 aliphatic rings. The quantitative estimate of drug-likeness (QED) is 0.491. The second-order valence-electron chi connectivity index (χ2n) is 11.4. The molecule has 1 atom stereocenters. The number of carbonyl (C=O) groups excluding carboxylic acids is 1. The van der Waals surface area contributed by atoms with Crippen molar-refractivity contribution in [3.63, 3.8) is 0 Å². The highest BCUT2D eigenvalue weighted by Crippen LogP contribution is 2.36. The van der Waals surface area contributed by atoms with E-state index in [1.54, 1.807) is 38.1 Å². The first-order valence-corrected chi connectivity index (χ1v) is 13.4. The fourth-order valence-electron chi connectivity index (χ4n) is 5.61. The summed E-state index contributed by atoms with van der Waals surface area (Å²) in [6.45, 7) is 7.32. The molecule has 0 unspecified atom stereocenters. The Kier molecular flexibility index (Phi) is 8.26. The molecule has 208 valence electrons. The first-order chi connectivity index (χ1) is 18.4. The van der Waals surface area contributed by atoms with Crippen LogP contribution in [0.1, 0.15) is 62.4 Å². The number of rotatable bonds is 8. The lowest BCUT2D eigenvalue weighted by atomic mass is 9.93. The molecular formula is C30H35F2N3O4. The molecule has 0 radical (unpaired) electrons. The summed E-state index contributed by atoms with van der Waals surface area (Å²) in [5.41, 5.74) is -2.09. The van der Waals surface area contributed by atoms with Crippen LogP contribution < -0.4 is 4.74 Å². The number of halogens is 2. The van der Waals surface area contributed by atoms with Gasteiger partial charge in [-0.2, -0.15) is 5.26 Å². The number of hydrogen-bond acceptors (Lipinski definition) is 5. The van der Waals surface area contributed by atoms with E-state index in [2.05, 4.69) is 11.0 Å². The van der Waals surface area contributed by atoms with Gasteiger partial charge in [-0.15, -0.1) is 0 Å². The van der Waals surface area contributed by atoms with Crippen LogP contribution in [0.4, 0.5) is 8.78 Å². The van der Waals surface area contributed by atoms with Crippen molar-refractivity contribution in [1.82, 2.24) is 9.80 Å². The topological polar surface area (TPSA) is 93.9 Å². The summed E-state index contributed by atoms with van der Waals surface area (Å²) in [4.78, 5) is 28.8. The first-order valence-electron chi connectivity index (χ1n) is 13.4. The summed E-state index contributed by atoms with van der Waals surface area (Å²) in [5.74, 6) is -1.82. The van der Waals surface area contributed by atoms with Gasteiger partial charge in [-0.3, -0.25) is 4.79 Å². The Bertz CT molecular complexity index is 1280. The third kappa shape index (κ3) is 6.22. The van der Waals surface area contributed by atoms with Crippen molar-refractivity contribution >= 4 is 11.9 Å². The van der Waals surface area contributed by atoms with E-state index in [-0.39, 0.29) is 29.7 Å². The number of carbonyl (C=O) groups is 2. The minimum atomic E-state index is -1.43. The van der Waals surface area contributed by atoms with E-state index in [9.17, 15) is 24.3 Å². The molecule has 2 aromatic rings. The number of aliphatic carboxylic acids is 1. The van der Waals surface area contributed by atoms with Crippen LogP contribution in [-0.4, -0.2) is 70.8 Å². The van der Waals surface area contributed by atoms with Crippen LogP contribution in [0.5, 0.6) is 5.75 Å². The number of likely N-dealkylation sites (tertiary alicyclic amines) is 2. The Morgan fingerprint density at radius 3 is 2.54 bits per heavy atom. The molecule has 2 heterocycles. The average Bonchev–Trinajstić information content (AvgIpc) is 3.29. The Morgan fingerprint density at radius 2 is 1.90 bits per heavy atom. The second kappa shape index (κ2) is 11.3. The van der Waals surface area contributed by atoms with Crippen LogP contribution >= 0.6 is 0 Å². The van der Waals surface area contributed by atoms with Gasteiger partial charge in [0.05, 0.1) is 23.8 Å². The molecule has 4 rings (SSSR count). The lowest BCUT2D eigenvalue weighted by molar-refractivity contribution is -0.147. The standard InChI is InChI=1S/C30H35F2N3O4/c1-29(2,32)19-34-14-10-20(11-15-34)18-39-22-8-9-23(21(16-22)17-33)24-6-4-7-25(31)26(24)27(36)35-13-5-12-30(35,3)28(37)38/h4,6-9,16,20H,5,10-15,18-19H2,1-3H3,(H,37,38)/t30-/m0/s1. The zero-order chi connectivity index (χ0) is 28.4. The first kappa shape index (κ1) is 28.5. The number of carboxylic acids is 1. The van der Waals surface area contributed by atoms with Crippen molar-refractivity contribution in [2.45, 2.75) is 57.7 Å². The van der Waals surface area contributed by atoms with Crippen molar-refractivity contribution in [2.75, 3.05) is 32.8 Å². The Morgan fingerprint density at radius 1 is 1.18 bits per heavy atom. The number of ether oxygens (including phenoxy) is 1. The summed E-state index contributed by atoms with van der Waals surface area (Å²) >= 11 is 0. The van der Waals surface area contributed by atoms with Gasteiger partial charge < -0.3 is 19.6 Å². The highest BCUT2D eigenvalue weighted by molar-refractivity contribution is 6.04. The lowest BCUT2D eigenvalue weighted by Crippen LogP contribution is -2.51. The van der Waals surface area contributed by atoms with Crippen LogP contribution in [0.15, 0.2) is 36.4 Å². The number of hydrogen-bond donors (Lipinski definition) is 1. The summed E-state index contributed by atoms with van der Waals surface area (Å²) < 4.78 is 35.1. The molecule has 39 heavy (non-hydrogen) atoms. The van der Waals surface area contributed by atoms with Crippen LogP contribution in [0.3, 0.4) is 0 Å². The van der Waals surface area contributed by atoms with E-state index in [0.29, 0.717) is 36.8 Å². The third-order valence-corrected chi connectivity index (χ3v) is 7.77. The number of carboxylic acid groups (broad SMARTS) is 1. The number of nitriles is 1. The molecule has 1 N–H and O–H groups in total. The van der Waals surface area contributed by atoms with Crippen LogP contribution in [0.2, 0.25) is 0 Å². The van der Waals surface area contributed by atoms with Crippen molar-refractivity contribution in [1.29, 1.82) is 5.26 Å². The second-order valence-corrected chi connectivity index (χ2v) is 11.4. The molecule has 2 saturated heterocycles. The minimum Gasteiger partial charge on any atom is -0.493 e. The Hall–Kier alpha value is -3.51. The fourth-order valence-corrected chi connectivity index (χ4v) is 5.61. The van der Waals surface area contributed by atoms with Gasteiger partial charge in [0.15, 0.2) is 0 Å². The van der Waals surface area contributed by atoms with Gasteiger partial charge in [0.25, 0.3) is 5.91 Å². The lowest BCUT2D eigenvalue weighted by Gasteiger charge is -2.34. The normalized spacial score (nSPS) is 20.6. The monoisotopic (exact) mass is 539 g/mol. The number of piperidine rings is 1. The van der Waals surface area contributed by atoms with Crippen molar-refractivity contribution < 1.29 is 28.2 Å². The maximum atomic E-state index is 15.1. The molecule has 0 bridgehead atoms. The molecule has 2 aliphatic heterocycles. The van der Waals surface area contributed by atoms with Crippen molar-refractivity contribution in [3.8, 4) is 22.9 Å². The summed E-state index contributed by atoms with van der Waals surface area (Å²) in [5, 5.41) is 19.6. The number of nitrogens with zero attached hydrogens (tertiary/aromatic N) is 3. The van der Waals surface area contributed by atoms with Gasteiger partial charge in [-0.05, 0) is 95.3 Å². The summed E-state index contributed by atoms with van der Waals surface area (Å²) in [6.07, 6.45) is 2.56. The largest absolute Gasteiger partial charge is 0.493 e. The maximum Gasteiger partial charge on any atom is 0.329 e. The predicted octanol–water partition coefficient (Wildman–Crippen LogP) is 5.28. The molecule has 0 saturated carbocycles. The highest BCUT2D eigenvalue weighted by Gasteiger charge is 2.47.